The molecule has 1 saturated heterocycles. The minimum atomic E-state index is -4.53. The number of hydrogen-bond donors (Lipinski definition) is 1. The van der Waals surface area contributed by atoms with Crippen LogP contribution in [-0.2, 0) is 11.0 Å². The average molecular weight is 483 g/mol. The first kappa shape index (κ1) is 23.2. The van der Waals surface area contributed by atoms with Gasteiger partial charge in [0.2, 0.25) is 5.91 Å². The molecular weight excluding hydrogens is 461 g/mol. The minimum Gasteiger partial charge on any atom is -0.489 e. The molecule has 2 aromatic carbocycles. The first-order valence-electron chi connectivity index (χ1n) is 10.6. The third-order valence-corrected chi connectivity index (χ3v) is 5.84. The van der Waals surface area contributed by atoms with Gasteiger partial charge in [-0.15, -0.1) is 0 Å². The van der Waals surface area contributed by atoms with E-state index in [2.05, 4.69) is 5.32 Å². The monoisotopic (exact) mass is 482 g/mol. The number of carbonyl (C=O) groups is 2. The first-order valence-corrected chi connectivity index (χ1v) is 10.9. The summed E-state index contributed by atoms with van der Waals surface area (Å²) in [5, 5.41) is 2.97. The SMILES string of the molecule is O=C(NC(CN1CCCC1=O)c1cccc(C(F)(F)F)c1)c1cc(Cl)c2c(c1)OCCCO2. The highest BCUT2D eigenvalue weighted by Crippen LogP contribution is 2.38. The summed E-state index contributed by atoms with van der Waals surface area (Å²) in [6.07, 6.45) is -2.83. The number of benzene rings is 2. The Kier molecular flexibility index (Phi) is 6.69. The van der Waals surface area contributed by atoms with Crippen LogP contribution in [0.5, 0.6) is 11.5 Å². The van der Waals surface area contributed by atoms with Gasteiger partial charge in [-0.25, -0.2) is 0 Å². The molecule has 0 bridgehead atoms. The predicted octanol–water partition coefficient (Wildman–Crippen LogP) is 4.61. The van der Waals surface area contributed by atoms with Crippen molar-refractivity contribution in [2.75, 3.05) is 26.3 Å². The molecule has 176 valence electrons. The fourth-order valence-electron chi connectivity index (χ4n) is 3.89. The maximum Gasteiger partial charge on any atom is 0.416 e. The van der Waals surface area contributed by atoms with Gasteiger partial charge in [0.15, 0.2) is 11.5 Å². The summed E-state index contributed by atoms with van der Waals surface area (Å²) < 4.78 is 51.0. The molecule has 1 atom stereocenters. The van der Waals surface area contributed by atoms with Gasteiger partial charge in [0.1, 0.15) is 0 Å². The average Bonchev–Trinajstić information content (AvgIpc) is 3.02. The zero-order valence-electron chi connectivity index (χ0n) is 17.6. The van der Waals surface area contributed by atoms with Gasteiger partial charge in [-0.2, -0.15) is 13.2 Å². The van der Waals surface area contributed by atoms with Crippen LogP contribution in [0.4, 0.5) is 13.2 Å². The molecule has 0 aromatic heterocycles. The van der Waals surface area contributed by atoms with E-state index in [1.807, 2.05) is 0 Å². The quantitative estimate of drug-likeness (QED) is 0.675. The molecule has 10 heteroatoms. The fraction of sp³-hybridized carbons (Fsp3) is 0.391. The Morgan fingerprint density at radius 3 is 2.67 bits per heavy atom. The molecule has 2 heterocycles. The second kappa shape index (κ2) is 9.51. The number of hydrogen-bond acceptors (Lipinski definition) is 4. The van der Waals surface area contributed by atoms with Crippen molar-refractivity contribution in [1.29, 1.82) is 0 Å². The van der Waals surface area contributed by atoms with E-state index < -0.39 is 23.7 Å². The highest BCUT2D eigenvalue weighted by Gasteiger charge is 2.32. The molecular formula is C23H22ClF3N2O4. The minimum absolute atomic E-state index is 0.0597. The van der Waals surface area contributed by atoms with Crippen LogP contribution in [0.2, 0.25) is 5.02 Å². The van der Waals surface area contributed by atoms with Crippen LogP contribution in [0, 0.1) is 0 Å². The first-order chi connectivity index (χ1) is 15.7. The van der Waals surface area contributed by atoms with Crippen LogP contribution >= 0.6 is 11.6 Å². The molecule has 2 aliphatic rings. The lowest BCUT2D eigenvalue weighted by molar-refractivity contribution is -0.137. The predicted molar refractivity (Wildman–Crippen MR) is 115 cm³/mol. The van der Waals surface area contributed by atoms with Crippen LogP contribution < -0.4 is 14.8 Å². The third kappa shape index (κ3) is 5.35. The Bertz CT molecular complexity index is 1060. The molecule has 33 heavy (non-hydrogen) atoms. The summed E-state index contributed by atoms with van der Waals surface area (Å²) in [7, 11) is 0. The molecule has 0 radical (unpaired) electrons. The van der Waals surface area contributed by atoms with Crippen LogP contribution in [0.15, 0.2) is 36.4 Å². The lowest BCUT2D eigenvalue weighted by Gasteiger charge is -2.26. The van der Waals surface area contributed by atoms with Crippen molar-refractivity contribution >= 4 is 23.4 Å². The summed E-state index contributed by atoms with van der Waals surface area (Å²) in [5.41, 5.74) is -0.405. The zero-order valence-corrected chi connectivity index (χ0v) is 18.3. The molecule has 6 nitrogen and oxygen atoms in total. The Labute approximate surface area is 193 Å². The summed E-state index contributed by atoms with van der Waals surface area (Å²) >= 11 is 6.28. The number of fused-ring (bicyclic) bond motifs is 1. The molecule has 1 unspecified atom stereocenters. The molecule has 0 saturated carbocycles. The van der Waals surface area contributed by atoms with E-state index >= 15 is 0 Å². The van der Waals surface area contributed by atoms with Gasteiger partial charge in [-0.3, -0.25) is 9.59 Å². The van der Waals surface area contributed by atoms with Gasteiger partial charge in [-0.05, 0) is 36.2 Å². The van der Waals surface area contributed by atoms with Gasteiger partial charge in [-0.1, -0.05) is 23.7 Å². The number of amides is 2. The normalized spacial score (nSPS) is 17.0. The Morgan fingerprint density at radius 2 is 1.94 bits per heavy atom. The van der Waals surface area contributed by atoms with E-state index in [0.29, 0.717) is 50.5 Å². The summed E-state index contributed by atoms with van der Waals surface area (Å²) in [6.45, 7) is 1.38. The summed E-state index contributed by atoms with van der Waals surface area (Å²) in [6, 6.07) is 6.81. The Balaban J connectivity index is 1.63. The number of ether oxygens (including phenoxy) is 2. The number of likely N-dealkylation sites (tertiary alicyclic amines) is 1. The summed E-state index contributed by atoms with van der Waals surface area (Å²) in [4.78, 5) is 26.8. The molecule has 2 amide bonds. The van der Waals surface area contributed by atoms with E-state index in [4.69, 9.17) is 21.1 Å². The smallest absolute Gasteiger partial charge is 0.416 e. The molecule has 4 rings (SSSR count). The standard InChI is InChI=1S/C23H22ClF3N2O4/c24-17-11-15(12-19-21(17)33-9-3-8-32-19)22(31)28-18(13-29-7-2-6-20(29)30)14-4-1-5-16(10-14)23(25,26)27/h1,4-5,10-12,18H,2-3,6-9,13H2,(H,28,31). The molecule has 1 N–H and O–H groups in total. The van der Waals surface area contributed by atoms with E-state index in [9.17, 15) is 22.8 Å². The van der Waals surface area contributed by atoms with E-state index in [-0.39, 0.29) is 28.6 Å². The Morgan fingerprint density at radius 1 is 1.15 bits per heavy atom. The molecule has 2 aromatic rings. The van der Waals surface area contributed by atoms with E-state index in [1.165, 1.54) is 24.3 Å². The van der Waals surface area contributed by atoms with Crippen molar-refractivity contribution in [3.63, 3.8) is 0 Å². The molecule has 2 aliphatic heterocycles. The van der Waals surface area contributed by atoms with Crippen molar-refractivity contribution in [1.82, 2.24) is 10.2 Å². The van der Waals surface area contributed by atoms with Gasteiger partial charge < -0.3 is 19.7 Å². The van der Waals surface area contributed by atoms with Crippen molar-refractivity contribution in [3.8, 4) is 11.5 Å². The lowest BCUT2D eigenvalue weighted by Crippen LogP contribution is -2.38. The van der Waals surface area contributed by atoms with Crippen molar-refractivity contribution in [3.05, 3.63) is 58.1 Å². The molecule has 0 spiro atoms. The van der Waals surface area contributed by atoms with E-state index in [0.717, 1.165) is 12.1 Å². The topological polar surface area (TPSA) is 67.9 Å². The maximum absolute atomic E-state index is 13.3. The second-order valence-electron chi connectivity index (χ2n) is 7.93. The van der Waals surface area contributed by atoms with Gasteiger partial charge in [0.25, 0.3) is 5.91 Å². The highest BCUT2D eigenvalue weighted by molar-refractivity contribution is 6.32. The summed E-state index contributed by atoms with van der Waals surface area (Å²) in [5.74, 6) is 0.0275. The number of nitrogens with one attached hydrogen (secondary N) is 1. The van der Waals surface area contributed by atoms with Crippen LogP contribution in [0.25, 0.3) is 0 Å². The number of nitrogens with zero attached hydrogens (tertiary/aromatic N) is 1. The van der Waals surface area contributed by atoms with E-state index in [1.54, 1.807) is 4.90 Å². The number of alkyl halides is 3. The number of carbonyl (C=O) groups excluding carboxylic acids is 2. The van der Waals surface area contributed by atoms with Gasteiger partial charge in [0, 0.05) is 31.5 Å². The Hall–Kier alpha value is -2.94. The lowest BCUT2D eigenvalue weighted by atomic mass is 10.0. The van der Waals surface area contributed by atoms with Gasteiger partial charge >= 0.3 is 6.18 Å². The van der Waals surface area contributed by atoms with Crippen LogP contribution in [-0.4, -0.2) is 43.0 Å². The number of halogens is 4. The largest absolute Gasteiger partial charge is 0.489 e. The van der Waals surface area contributed by atoms with Crippen molar-refractivity contribution in [2.45, 2.75) is 31.5 Å². The molecule has 0 aliphatic carbocycles. The fourth-order valence-corrected chi connectivity index (χ4v) is 4.15. The van der Waals surface area contributed by atoms with Crippen molar-refractivity contribution < 1.29 is 32.2 Å². The molecule has 1 fully saturated rings. The maximum atomic E-state index is 13.3. The van der Waals surface area contributed by atoms with Gasteiger partial charge in [0.05, 0.1) is 29.8 Å². The zero-order chi connectivity index (χ0) is 23.6. The number of rotatable bonds is 5. The second-order valence-corrected chi connectivity index (χ2v) is 8.34. The third-order valence-electron chi connectivity index (χ3n) is 5.56. The van der Waals surface area contributed by atoms with Crippen LogP contribution in [0.3, 0.4) is 0 Å². The van der Waals surface area contributed by atoms with Crippen molar-refractivity contribution in [2.24, 2.45) is 0 Å². The highest BCUT2D eigenvalue weighted by atomic mass is 35.5. The van der Waals surface area contributed by atoms with Crippen LogP contribution in [0.1, 0.15) is 46.8 Å².